The predicted molar refractivity (Wildman–Crippen MR) is 73.7 cm³/mol. The van der Waals surface area contributed by atoms with Crippen molar-refractivity contribution in [3.8, 4) is 0 Å². The van der Waals surface area contributed by atoms with E-state index in [0.29, 0.717) is 5.04 Å². The molecule has 0 heterocycles. The smallest absolute Gasteiger partial charge is 0.0613 e. The predicted octanol–water partition coefficient (Wildman–Crippen LogP) is 4.72. The fourth-order valence-corrected chi connectivity index (χ4v) is 2.49. The van der Waals surface area contributed by atoms with Gasteiger partial charge in [0.15, 0.2) is 0 Å². The number of thioether (sulfide) groups is 1. The van der Waals surface area contributed by atoms with Crippen molar-refractivity contribution >= 4 is 39.2 Å². The summed E-state index contributed by atoms with van der Waals surface area (Å²) in [6.45, 7) is 1.81. The molecule has 0 amide bonds. The zero-order valence-corrected chi connectivity index (χ0v) is 10.5. The summed E-state index contributed by atoms with van der Waals surface area (Å²) in [4.78, 5) is 0. The summed E-state index contributed by atoms with van der Waals surface area (Å²) in [6, 6.07) is 12.1. The zero-order valence-electron chi connectivity index (χ0n) is 8.96. The minimum absolute atomic E-state index is 0.638. The van der Waals surface area contributed by atoms with Gasteiger partial charge in [0, 0.05) is 16.2 Å². The van der Waals surface area contributed by atoms with Crippen LogP contribution in [-0.2, 0) is 5.75 Å². The van der Waals surface area contributed by atoms with E-state index in [1.165, 1.54) is 10.9 Å². The first-order chi connectivity index (χ1) is 7.68. The Hall–Kier alpha value is -0.990. The van der Waals surface area contributed by atoms with Crippen molar-refractivity contribution in [2.45, 2.75) is 12.7 Å². The number of halogens is 1. The van der Waals surface area contributed by atoms with Gasteiger partial charge in [0.1, 0.15) is 0 Å². The van der Waals surface area contributed by atoms with E-state index in [2.05, 4.69) is 6.07 Å². The maximum absolute atomic E-state index is 7.43. The van der Waals surface area contributed by atoms with Gasteiger partial charge in [-0.3, -0.25) is 5.41 Å². The Morgan fingerprint density at radius 3 is 2.56 bits per heavy atom. The van der Waals surface area contributed by atoms with Crippen LogP contribution < -0.4 is 0 Å². The minimum Gasteiger partial charge on any atom is -0.299 e. The summed E-state index contributed by atoms with van der Waals surface area (Å²) >= 11 is 7.69. The largest absolute Gasteiger partial charge is 0.299 e. The van der Waals surface area contributed by atoms with Crippen molar-refractivity contribution in [2.75, 3.05) is 0 Å². The lowest BCUT2D eigenvalue weighted by Crippen LogP contribution is -1.87. The van der Waals surface area contributed by atoms with Gasteiger partial charge < -0.3 is 0 Å². The lowest BCUT2D eigenvalue weighted by molar-refractivity contribution is 1.46. The van der Waals surface area contributed by atoms with E-state index >= 15 is 0 Å². The molecule has 0 bridgehead atoms. The quantitative estimate of drug-likeness (QED) is 0.604. The fraction of sp³-hybridized carbons (Fsp3) is 0.154. The number of hydrogen-bond donors (Lipinski definition) is 1. The van der Waals surface area contributed by atoms with E-state index in [9.17, 15) is 0 Å². The number of fused-ring (bicyclic) bond motifs is 1. The topological polar surface area (TPSA) is 23.9 Å². The highest BCUT2D eigenvalue weighted by atomic mass is 35.5. The molecule has 0 aliphatic rings. The van der Waals surface area contributed by atoms with Gasteiger partial charge in [-0.15, -0.1) is 11.8 Å². The number of benzene rings is 2. The molecule has 0 atom stereocenters. The molecule has 0 radical (unpaired) electrons. The van der Waals surface area contributed by atoms with Crippen molar-refractivity contribution in [1.82, 2.24) is 0 Å². The van der Waals surface area contributed by atoms with Gasteiger partial charge in [-0.1, -0.05) is 41.9 Å². The van der Waals surface area contributed by atoms with Gasteiger partial charge in [-0.25, -0.2) is 0 Å². The van der Waals surface area contributed by atoms with E-state index in [1.807, 2.05) is 37.3 Å². The van der Waals surface area contributed by atoms with Crippen LogP contribution in [-0.4, -0.2) is 5.04 Å². The molecule has 2 aromatic carbocycles. The minimum atomic E-state index is 0.638. The molecule has 82 valence electrons. The molecule has 0 aliphatic carbocycles. The van der Waals surface area contributed by atoms with Crippen molar-refractivity contribution < 1.29 is 0 Å². The maximum Gasteiger partial charge on any atom is 0.0613 e. The lowest BCUT2D eigenvalue weighted by atomic mass is 10.1. The molecule has 3 heteroatoms. The molecular weight excluding hydrogens is 238 g/mol. The summed E-state index contributed by atoms with van der Waals surface area (Å²) < 4.78 is 0. The SMILES string of the molecule is CC(=N)SCc1ccc(Cl)c2ccccc12. The van der Waals surface area contributed by atoms with Crippen LogP contribution in [0.5, 0.6) is 0 Å². The third kappa shape index (κ3) is 2.39. The lowest BCUT2D eigenvalue weighted by Gasteiger charge is -2.07. The van der Waals surface area contributed by atoms with E-state index < -0.39 is 0 Å². The Balaban J connectivity index is 2.46. The summed E-state index contributed by atoms with van der Waals surface area (Å²) in [5, 5.41) is 11.1. The normalized spacial score (nSPS) is 10.6. The van der Waals surface area contributed by atoms with Crippen molar-refractivity contribution in [3.63, 3.8) is 0 Å². The van der Waals surface area contributed by atoms with Crippen molar-refractivity contribution in [2.24, 2.45) is 0 Å². The molecule has 0 aromatic heterocycles. The molecule has 1 nitrogen and oxygen atoms in total. The van der Waals surface area contributed by atoms with E-state index in [4.69, 9.17) is 17.0 Å². The van der Waals surface area contributed by atoms with Gasteiger partial charge in [0.05, 0.1) is 5.04 Å². The van der Waals surface area contributed by atoms with Gasteiger partial charge in [0.2, 0.25) is 0 Å². The Kier molecular flexibility index (Phi) is 3.52. The van der Waals surface area contributed by atoms with Gasteiger partial charge >= 0.3 is 0 Å². The van der Waals surface area contributed by atoms with E-state index in [-0.39, 0.29) is 0 Å². The van der Waals surface area contributed by atoms with Crippen LogP contribution >= 0.6 is 23.4 Å². The molecule has 2 rings (SSSR count). The van der Waals surface area contributed by atoms with Gasteiger partial charge in [-0.05, 0) is 23.9 Å². The third-order valence-corrected chi connectivity index (χ3v) is 3.62. The van der Waals surface area contributed by atoms with Crippen molar-refractivity contribution in [3.05, 3.63) is 47.0 Å². The van der Waals surface area contributed by atoms with Crippen LogP contribution in [0, 0.1) is 5.41 Å². The van der Waals surface area contributed by atoms with Crippen LogP contribution in [0.4, 0.5) is 0 Å². The molecule has 0 saturated heterocycles. The highest BCUT2D eigenvalue weighted by molar-refractivity contribution is 8.13. The first-order valence-corrected chi connectivity index (χ1v) is 6.39. The average molecular weight is 250 g/mol. The molecule has 0 unspecified atom stereocenters. The average Bonchev–Trinajstić information content (AvgIpc) is 2.28. The van der Waals surface area contributed by atoms with Gasteiger partial charge in [0.25, 0.3) is 0 Å². The second kappa shape index (κ2) is 4.89. The van der Waals surface area contributed by atoms with Crippen LogP contribution in [0.15, 0.2) is 36.4 Å². The molecule has 0 aliphatic heterocycles. The zero-order chi connectivity index (χ0) is 11.5. The third-order valence-electron chi connectivity index (χ3n) is 2.41. The first kappa shape index (κ1) is 11.5. The highest BCUT2D eigenvalue weighted by Crippen LogP contribution is 2.28. The molecule has 0 fully saturated rings. The molecule has 2 aromatic rings. The fourth-order valence-electron chi connectivity index (χ4n) is 1.64. The van der Waals surface area contributed by atoms with Gasteiger partial charge in [-0.2, -0.15) is 0 Å². The van der Waals surface area contributed by atoms with E-state index in [0.717, 1.165) is 16.2 Å². The molecule has 0 saturated carbocycles. The van der Waals surface area contributed by atoms with Crippen LogP contribution in [0.2, 0.25) is 5.02 Å². The summed E-state index contributed by atoms with van der Waals surface area (Å²) in [6.07, 6.45) is 0. The Morgan fingerprint density at radius 1 is 1.19 bits per heavy atom. The van der Waals surface area contributed by atoms with Crippen LogP contribution in [0.25, 0.3) is 10.8 Å². The molecule has 1 N–H and O–H groups in total. The summed E-state index contributed by atoms with van der Waals surface area (Å²) in [5.41, 5.74) is 1.23. The first-order valence-electron chi connectivity index (χ1n) is 5.02. The number of rotatable bonds is 2. The maximum atomic E-state index is 7.43. The summed E-state index contributed by atoms with van der Waals surface area (Å²) in [5.74, 6) is 0.826. The van der Waals surface area contributed by atoms with Crippen LogP contribution in [0.3, 0.4) is 0 Å². The summed E-state index contributed by atoms with van der Waals surface area (Å²) in [7, 11) is 0. The Labute approximate surface area is 104 Å². The van der Waals surface area contributed by atoms with Crippen molar-refractivity contribution in [1.29, 1.82) is 5.41 Å². The Morgan fingerprint density at radius 2 is 1.88 bits per heavy atom. The monoisotopic (exact) mass is 249 g/mol. The molecule has 0 spiro atoms. The molecule has 16 heavy (non-hydrogen) atoms. The number of hydrogen-bond acceptors (Lipinski definition) is 2. The van der Waals surface area contributed by atoms with Crippen LogP contribution in [0.1, 0.15) is 12.5 Å². The number of nitrogens with one attached hydrogen (secondary N) is 1. The Bertz CT molecular complexity index is 536. The highest BCUT2D eigenvalue weighted by Gasteiger charge is 2.04. The standard InChI is InChI=1S/C13H12ClNS/c1-9(15)16-8-10-6-7-13(14)12-5-3-2-4-11(10)12/h2-7,15H,8H2,1H3. The second-order valence-electron chi connectivity index (χ2n) is 3.60. The molecular formula is C13H12ClNS. The second-order valence-corrected chi connectivity index (χ2v) is 5.19. The van der Waals surface area contributed by atoms with E-state index in [1.54, 1.807) is 11.8 Å².